The van der Waals surface area contributed by atoms with E-state index in [1.807, 2.05) is 24.3 Å². The molecule has 0 radical (unpaired) electrons. The SMILES string of the molecule is CC(C)(C(=O)O)c1csc(NCc2cccc(Cl)c2)n1. The van der Waals surface area contributed by atoms with Crippen molar-refractivity contribution in [3.05, 3.63) is 45.9 Å². The number of nitrogens with one attached hydrogen (secondary N) is 1. The molecule has 1 aromatic carbocycles. The smallest absolute Gasteiger partial charge is 0.315 e. The van der Waals surface area contributed by atoms with Crippen molar-refractivity contribution in [1.29, 1.82) is 0 Å². The topological polar surface area (TPSA) is 62.2 Å². The number of carboxylic acids is 1. The number of halogens is 1. The molecule has 0 amide bonds. The fourth-order valence-electron chi connectivity index (χ4n) is 1.58. The second-order valence-electron chi connectivity index (χ2n) is 4.95. The summed E-state index contributed by atoms with van der Waals surface area (Å²) in [5.41, 5.74) is 0.627. The van der Waals surface area contributed by atoms with Crippen LogP contribution in [0, 0.1) is 0 Å². The van der Waals surface area contributed by atoms with Crippen molar-refractivity contribution in [3.63, 3.8) is 0 Å². The molecule has 6 heteroatoms. The fraction of sp³-hybridized carbons (Fsp3) is 0.286. The minimum Gasteiger partial charge on any atom is -0.481 e. The van der Waals surface area contributed by atoms with Crippen LogP contribution < -0.4 is 5.32 Å². The van der Waals surface area contributed by atoms with Crippen molar-refractivity contribution in [2.75, 3.05) is 5.32 Å². The van der Waals surface area contributed by atoms with Crippen molar-refractivity contribution in [2.24, 2.45) is 0 Å². The average molecular weight is 311 g/mol. The lowest BCUT2D eigenvalue weighted by atomic mass is 9.90. The Morgan fingerprint density at radius 3 is 2.90 bits per heavy atom. The number of anilines is 1. The first-order valence-corrected chi connectivity index (χ1v) is 7.33. The number of carbonyl (C=O) groups is 1. The van der Waals surface area contributed by atoms with Crippen LogP contribution in [0.25, 0.3) is 0 Å². The highest BCUT2D eigenvalue weighted by Crippen LogP contribution is 2.27. The van der Waals surface area contributed by atoms with Gasteiger partial charge in [0.25, 0.3) is 0 Å². The Labute approximate surface area is 126 Å². The third-order valence-electron chi connectivity index (χ3n) is 3.01. The lowest BCUT2D eigenvalue weighted by molar-refractivity contribution is -0.142. The van der Waals surface area contributed by atoms with E-state index in [1.54, 1.807) is 19.2 Å². The summed E-state index contributed by atoms with van der Waals surface area (Å²) in [4.78, 5) is 15.5. The standard InChI is InChI=1S/C14H15ClN2O2S/c1-14(2,12(18)19)11-8-20-13(17-11)16-7-9-4-3-5-10(15)6-9/h3-6,8H,7H2,1-2H3,(H,16,17)(H,18,19). The Kier molecular flexibility index (Phi) is 4.30. The van der Waals surface area contributed by atoms with Crippen molar-refractivity contribution >= 4 is 34.0 Å². The van der Waals surface area contributed by atoms with Crippen LogP contribution in [0.1, 0.15) is 25.1 Å². The van der Waals surface area contributed by atoms with Gasteiger partial charge in [0.2, 0.25) is 0 Å². The zero-order valence-corrected chi connectivity index (χ0v) is 12.8. The van der Waals surface area contributed by atoms with E-state index < -0.39 is 11.4 Å². The highest BCUT2D eigenvalue weighted by atomic mass is 35.5. The quantitative estimate of drug-likeness (QED) is 0.882. The van der Waals surface area contributed by atoms with Crippen molar-refractivity contribution < 1.29 is 9.90 Å². The lowest BCUT2D eigenvalue weighted by Gasteiger charge is -2.15. The zero-order valence-electron chi connectivity index (χ0n) is 11.2. The molecule has 0 aliphatic heterocycles. The first-order valence-electron chi connectivity index (χ1n) is 6.07. The highest BCUT2D eigenvalue weighted by molar-refractivity contribution is 7.13. The van der Waals surface area contributed by atoms with Crippen molar-refractivity contribution in [1.82, 2.24) is 4.98 Å². The number of thiazole rings is 1. The van der Waals surface area contributed by atoms with Crippen LogP contribution in [0.5, 0.6) is 0 Å². The summed E-state index contributed by atoms with van der Waals surface area (Å²) in [6.45, 7) is 3.89. The molecular formula is C14H15ClN2O2S. The molecule has 20 heavy (non-hydrogen) atoms. The minimum absolute atomic E-state index is 0.559. The van der Waals surface area contributed by atoms with E-state index in [-0.39, 0.29) is 0 Å². The summed E-state index contributed by atoms with van der Waals surface area (Å²) in [6.07, 6.45) is 0. The van der Waals surface area contributed by atoms with E-state index in [0.29, 0.717) is 22.4 Å². The number of aromatic nitrogens is 1. The molecule has 0 bridgehead atoms. The molecule has 0 saturated carbocycles. The molecule has 0 fully saturated rings. The van der Waals surface area contributed by atoms with Gasteiger partial charge in [-0.05, 0) is 31.5 Å². The number of hydrogen-bond acceptors (Lipinski definition) is 4. The van der Waals surface area contributed by atoms with Gasteiger partial charge in [-0.2, -0.15) is 0 Å². The zero-order chi connectivity index (χ0) is 14.8. The molecule has 4 nitrogen and oxygen atoms in total. The number of hydrogen-bond donors (Lipinski definition) is 2. The monoisotopic (exact) mass is 310 g/mol. The molecule has 1 aromatic heterocycles. The molecule has 1 heterocycles. The number of nitrogens with zero attached hydrogens (tertiary/aromatic N) is 1. The molecular weight excluding hydrogens is 296 g/mol. The van der Waals surface area contributed by atoms with Crippen LogP contribution in [0.3, 0.4) is 0 Å². The van der Waals surface area contributed by atoms with E-state index >= 15 is 0 Å². The summed E-state index contributed by atoms with van der Waals surface area (Å²) in [5, 5.41) is 15.5. The number of rotatable bonds is 5. The molecule has 2 N–H and O–H groups in total. The van der Waals surface area contributed by atoms with Gasteiger partial charge in [-0.15, -0.1) is 11.3 Å². The molecule has 2 aromatic rings. The molecule has 0 unspecified atom stereocenters. The number of benzene rings is 1. The first-order chi connectivity index (χ1) is 9.39. The second kappa shape index (κ2) is 5.81. The van der Waals surface area contributed by atoms with E-state index in [0.717, 1.165) is 5.56 Å². The predicted octanol–water partition coefficient (Wildman–Crippen LogP) is 3.77. The van der Waals surface area contributed by atoms with E-state index in [2.05, 4.69) is 10.3 Å². The van der Waals surface area contributed by atoms with Crippen molar-refractivity contribution in [3.8, 4) is 0 Å². The Hall–Kier alpha value is -1.59. The van der Waals surface area contributed by atoms with Gasteiger partial charge in [0.1, 0.15) is 5.41 Å². The first kappa shape index (κ1) is 14.8. The third-order valence-corrected chi connectivity index (χ3v) is 4.05. The summed E-state index contributed by atoms with van der Waals surface area (Å²) < 4.78 is 0. The summed E-state index contributed by atoms with van der Waals surface area (Å²) >= 11 is 7.32. The van der Waals surface area contributed by atoms with Gasteiger partial charge in [-0.3, -0.25) is 4.79 Å². The van der Waals surface area contributed by atoms with E-state index in [1.165, 1.54) is 11.3 Å². The Morgan fingerprint density at radius 1 is 1.50 bits per heavy atom. The third kappa shape index (κ3) is 3.29. The van der Waals surface area contributed by atoms with Gasteiger partial charge < -0.3 is 10.4 Å². The minimum atomic E-state index is -0.980. The fourth-order valence-corrected chi connectivity index (χ4v) is 2.67. The van der Waals surface area contributed by atoms with Crippen LogP contribution in [0.15, 0.2) is 29.6 Å². The Morgan fingerprint density at radius 2 is 2.25 bits per heavy atom. The van der Waals surface area contributed by atoms with Gasteiger partial charge in [0.05, 0.1) is 5.69 Å². The van der Waals surface area contributed by atoms with Gasteiger partial charge in [-0.1, -0.05) is 23.7 Å². The maximum atomic E-state index is 11.2. The van der Waals surface area contributed by atoms with Crippen LogP contribution in [0.4, 0.5) is 5.13 Å². The van der Waals surface area contributed by atoms with E-state index in [9.17, 15) is 9.90 Å². The second-order valence-corrected chi connectivity index (χ2v) is 6.25. The normalized spacial score (nSPS) is 11.3. The van der Waals surface area contributed by atoms with Crippen LogP contribution in [-0.4, -0.2) is 16.1 Å². The molecule has 0 aliphatic rings. The summed E-state index contributed by atoms with van der Waals surface area (Å²) in [5.74, 6) is -0.885. The van der Waals surface area contributed by atoms with Crippen LogP contribution in [-0.2, 0) is 16.8 Å². The van der Waals surface area contributed by atoms with Gasteiger partial charge in [0, 0.05) is 16.9 Å². The van der Waals surface area contributed by atoms with Crippen molar-refractivity contribution in [2.45, 2.75) is 25.8 Å². The maximum Gasteiger partial charge on any atom is 0.315 e. The summed E-state index contributed by atoms with van der Waals surface area (Å²) in [6, 6.07) is 7.56. The Balaban J connectivity index is 2.05. The van der Waals surface area contributed by atoms with Gasteiger partial charge in [0.15, 0.2) is 5.13 Å². The van der Waals surface area contributed by atoms with Crippen LogP contribution in [0.2, 0.25) is 5.02 Å². The van der Waals surface area contributed by atoms with Gasteiger partial charge in [-0.25, -0.2) is 4.98 Å². The Bertz CT molecular complexity index is 625. The molecule has 0 atom stereocenters. The van der Waals surface area contributed by atoms with Crippen LogP contribution >= 0.6 is 22.9 Å². The summed E-state index contributed by atoms with van der Waals surface area (Å²) in [7, 11) is 0. The number of carboxylic acid groups (broad SMARTS) is 1. The molecule has 0 spiro atoms. The predicted molar refractivity (Wildman–Crippen MR) is 81.6 cm³/mol. The molecule has 0 aliphatic carbocycles. The highest BCUT2D eigenvalue weighted by Gasteiger charge is 2.32. The number of aliphatic carboxylic acids is 1. The molecule has 106 valence electrons. The average Bonchev–Trinajstić information content (AvgIpc) is 2.85. The van der Waals surface area contributed by atoms with E-state index in [4.69, 9.17) is 11.6 Å². The largest absolute Gasteiger partial charge is 0.481 e. The molecule has 2 rings (SSSR count). The van der Waals surface area contributed by atoms with Gasteiger partial charge >= 0.3 is 5.97 Å². The maximum absolute atomic E-state index is 11.2. The lowest BCUT2D eigenvalue weighted by Crippen LogP contribution is -2.28. The molecule has 0 saturated heterocycles.